The molecule has 0 spiro atoms. The second kappa shape index (κ2) is 13.2. The van der Waals surface area contributed by atoms with Crippen LogP contribution in [0.15, 0.2) is 55.6 Å². The van der Waals surface area contributed by atoms with Crippen molar-refractivity contribution in [2.45, 2.75) is 85.0 Å². The number of carbonyl (C=O) groups is 2. The predicted octanol–water partition coefficient (Wildman–Crippen LogP) is 7.28. The normalized spacial score (nSPS) is 12.8. The third-order valence-electron chi connectivity index (χ3n) is 7.14. The molecule has 4 aromatic rings. The van der Waals surface area contributed by atoms with E-state index in [1.54, 1.807) is 10.6 Å². The molecule has 0 unspecified atom stereocenters. The van der Waals surface area contributed by atoms with Gasteiger partial charge in [-0.25, -0.2) is 4.98 Å². The maximum atomic E-state index is 13.8. The fourth-order valence-electron chi connectivity index (χ4n) is 5.14. The molecule has 0 saturated carbocycles. The highest BCUT2D eigenvalue weighted by Crippen LogP contribution is 2.36. The van der Waals surface area contributed by atoms with E-state index in [2.05, 4.69) is 21.6 Å². The molecule has 0 aliphatic rings. The SMILES string of the molecule is C=CCn1cc(-c2cnc3c(Cc4ccc(C(=O)C[C@H](C)CCC(=O)OC(C)(C)C)c(CC)c4)nccn23)c(C(F)(F)F)n1. The number of hydrogen-bond acceptors (Lipinski definition) is 6. The van der Waals surface area contributed by atoms with Gasteiger partial charge in [-0.05, 0) is 50.7 Å². The lowest BCUT2D eigenvalue weighted by Crippen LogP contribution is -2.24. The summed E-state index contributed by atoms with van der Waals surface area (Å²) in [4.78, 5) is 34.2. The van der Waals surface area contributed by atoms with Crippen molar-refractivity contribution in [2.24, 2.45) is 5.92 Å². The maximum Gasteiger partial charge on any atom is 0.435 e. The van der Waals surface area contributed by atoms with Gasteiger partial charge in [0, 0.05) is 43.4 Å². The number of ketones is 1. The number of alkyl halides is 3. The summed E-state index contributed by atoms with van der Waals surface area (Å²) in [6.45, 7) is 13.1. The number of carbonyl (C=O) groups excluding carboxylic acids is 2. The molecule has 0 aliphatic heterocycles. The Bertz CT molecular complexity index is 1660. The summed E-state index contributed by atoms with van der Waals surface area (Å²) < 4.78 is 49.6. The number of imidazole rings is 1. The van der Waals surface area contributed by atoms with Crippen molar-refractivity contribution in [2.75, 3.05) is 0 Å². The Labute approximate surface area is 255 Å². The zero-order valence-electron chi connectivity index (χ0n) is 25.7. The zero-order chi connectivity index (χ0) is 32.2. The van der Waals surface area contributed by atoms with E-state index in [0.29, 0.717) is 42.6 Å². The summed E-state index contributed by atoms with van der Waals surface area (Å²) in [6.07, 6.45) is 4.83. The average molecular weight is 610 g/mol. The summed E-state index contributed by atoms with van der Waals surface area (Å²) in [5, 5.41) is 3.73. The lowest BCUT2D eigenvalue weighted by atomic mass is 9.91. The van der Waals surface area contributed by atoms with Gasteiger partial charge < -0.3 is 4.74 Å². The highest BCUT2D eigenvalue weighted by Gasteiger charge is 2.38. The second-order valence-corrected chi connectivity index (χ2v) is 12.0. The minimum absolute atomic E-state index is 0.0116. The molecule has 3 heterocycles. The van der Waals surface area contributed by atoms with Crippen molar-refractivity contribution in [3.8, 4) is 11.3 Å². The molecule has 1 atom stereocenters. The number of rotatable bonds is 12. The summed E-state index contributed by atoms with van der Waals surface area (Å²) >= 11 is 0. The molecule has 0 aliphatic carbocycles. The zero-order valence-corrected chi connectivity index (χ0v) is 25.7. The number of fused-ring (bicyclic) bond motifs is 1. The van der Waals surface area contributed by atoms with Crippen molar-refractivity contribution >= 4 is 17.4 Å². The van der Waals surface area contributed by atoms with Gasteiger partial charge in [0.2, 0.25) is 0 Å². The highest BCUT2D eigenvalue weighted by atomic mass is 19.4. The molecule has 4 rings (SSSR count). The smallest absolute Gasteiger partial charge is 0.435 e. The molecule has 3 aromatic heterocycles. The Kier molecular flexibility index (Phi) is 9.75. The standard InChI is InChI=1S/C33H38F3N5O3/c1-7-14-40-20-25(30(39-40)33(34,35)36)27-19-38-31-26(37-13-15-41(27)31)18-22-10-11-24(23(8-2)17-22)28(42)16-21(3)9-12-29(43)44-32(4,5)6/h7,10-11,13,15,17,19-21H,1,8-9,12,14,16,18H2,2-6H3/t21-/m1/s1. The molecule has 44 heavy (non-hydrogen) atoms. The molecule has 0 saturated heterocycles. The Balaban J connectivity index is 1.53. The van der Waals surface area contributed by atoms with Crippen molar-refractivity contribution in [3.05, 3.63) is 83.7 Å². The number of hydrogen-bond donors (Lipinski definition) is 0. The Morgan fingerprint density at radius 1 is 1.16 bits per heavy atom. The van der Waals surface area contributed by atoms with Crippen LogP contribution in [0.2, 0.25) is 0 Å². The first-order chi connectivity index (χ1) is 20.7. The number of aryl methyl sites for hydroxylation is 1. The van der Waals surface area contributed by atoms with Crippen LogP contribution in [0.25, 0.3) is 16.9 Å². The monoisotopic (exact) mass is 609 g/mol. The number of benzene rings is 1. The van der Waals surface area contributed by atoms with E-state index in [-0.39, 0.29) is 41.9 Å². The number of nitrogens with zero attached hydrogens (tertiary/aromatic N) is 5. The molecule has 11 heteroatoms. The van der Waals surface area contributed by atoms with E-state index in [1.165, 1.54) is 29.3 Å². The lowest BCUT2D eigenvalue weighted by molar-refractivity contribution is -0.155. The van der Waals surface area contributed by atoms with Crippen LogP contribution in [0.3, 0.4) is 0 Å². The van der Waals surface area contributed by atoms with Crippen LogP contribution in [0, 0.1) is 5.92 Å². The van der Waals surface area contributed by atoms with Gasteiger partial charge in [-0.2, -0.15) is 18.3 Å². The summed E-state index contributed by atoms with van der Waals surface area (Å²) in [6, 6.07) is 5.65. The first-order valence-electron chi connectivity index (χ1n) is 14.6. The van der Waals surface area contributed by atoms with Gasteiger partial charge in [-0.3, -0.25) is 23.7 Å². The fraction of sp³-hybridized carbons (Fsp3) is 0.424. The molecule has 0 amide bonds. The van der Waals surface area contributed by atoms with Gasteiger partial charge in [0.15, 0.2) is 17.1 Å². The van der Waals surface area contributed by atoms with E-state index in [4.69, 9.17) is 4.74 Å². The Morgan fingerprint density at radius 3 is 2.57 bits per heavy atom. The van der Waals surface area contributed by atoms with Gasteiger partial charge in [-0.15, -0.1) is 6.58 Å². The quantitative estimate of drug-likeness (QED) is 0.0953. The predicted molar refractivity (Wildman–Crippen MR) is 161 cm³/mol. The number of aromatic nitrogens is 5. The number of allylic oxidation sites excluding steroid dienone is 1. The van der Waals surface area contributed by atoms with Crippen LogP contribution in [0.5, 0.6) is 0 Å². The molecule has 0 N–H and O–H groups in total. The number of Topliss-reactive ketones (excluding diaryl/α,β-unsaturated/α-hetero) is 1. The number of ether oxygens (including phenoxy) is 1. The van der Waals surface area contributed by atoms with Crippen LogP contribution in [-0.2, 0) is 35.1 Å². The minimum Gasteiger partial charge on any atom is -0.460 e. The molecule has 8 nitrogen and oxygen atoms in total. The van der Waals surface area contributed by atoms with Crippen molar-refractivity contribution in [3.63, 3.8) is 0 Å². The molecule has 0 fully saturated rings. The molecule has 1 aromatic carbocycles. The molecule has 0 bridgehead atoms. The van der Waals surface area contributed by atoms with Gasteiger partial charge in [0.25, 0.3) is 0 Å². The topological polar surface area (TPSA) is 91.4 Å². The average Bonchev–Trinajstić information content (AvgIpc) is 3.56. The number of halogens is 3. The molecule has 0 radical (unpaired) electrons. The lowest BCUT2D eigenvalue weighted by Gasteiger charge is -2.20. The number of esters is 1. The third kappa shape index (κ3) is 7.81. The first-order valence-corrected chi connectivity index (χ1v) is 14.6. The highest BCUT2D eigenvalue weighted by molar-refractivity contribution is 5.97. The Hall–Kier alpha value is -4.28. The first kappa shape index (κ1) is 32.6. The van der Waals surface area contributed by atoms with Crippen LogP contribution in [0.4, 0.5) is 13.2 Å². The molecule has 234 valence electrons. The van der Waals surface area contributed by atoms with E-state index in [1.807, 2.05) is 52.8 Å². The van der Waals surface area contributed by atoms with E-state index >= 15 is 0 Å². The van der Waals surface area contributed by atoms with Gasteiger partial charge in [0.05, 0.1) is 29.7 Å². The van der Waals surface area contributed by atoms with Crippen LogP contribution in [-0.4, -0.2) is 41.5 Å². The van der Waals surface area contributed by atoms with Crippen molar-refractivity contribution in [1.82, 2.24) is 24.1 Å². The minimum atomic E-state index is -4.65. The van der Waals surface area contributed by atoms with Crippen LogP contribution < -0.4 is 0 Å². The van der Waals surface area contributed by atoms with E-state index in [0.717, 1.165) is 11.1 Å². The van der Waals surface area contributed by atoms with Crippen molar-refractivity contribution < 1.29 is 27.5 Å². The van der Waals surface area contributed by atoms with Crippen molar-refractivity contribution in [1.29, 1.82) is 0 Å². The van der Waals surface area contributed by atoms with Crippen LogP contribution >= 0.6 is 0 Å². The molecular formula is C33H38F3N5O3. The summed E-state index contributed by atoms with van der Waals surface area (Å²) in [5.41, 5.74) is 2.09. The molecular weight excluding hydrogens is 571 g/mol. The summed E-state index contributed by atoms with van der Waals surface area (Å²) in [5.74, 6) is -0.245. The third-order valence-corrected chi connectivity index (χ3v) is 7.14. The maximum absolute atomic E-state index is 13.8. The second-order valence-electron chi connectivity index (χ2n) is 12.0. The van der Waals surface area contributed by atoms with Gasteiger partial charge >= 0.3 is 12.1 Å². The van der Waals surface area contributed by atoms with Gasteiger partial charge in [-0.1, -0.05) is 38.1 Å². The fourth-order valence-corrected chi connectivity index (χ4v) is 5.14. The van der Waals surface area contributed by atoms with Crippen LogP contribution in [0.1, 0.15) is 86.8 Å². The van der Waals surface area contributed by atoms with Gasteiger partial charge in [0.1, 0.15) is 5.60 Å². The Morgan fingerprint density at radius 2 is 1.91 bits per heavy atom. The summed E-state index contributed by atoms with van der Waals surface area (Å²) in [7, 11) is 0. The largest absolute Gasteiger partial charge is 0.460 e. The van der Waals surface area contributed by atoms with E-state index < -0.39 is 17.5 Å². The van der Waals surface area contributed by atoms with E-state index in [9.17, 15) is 22.8 Å².